The first-order valence-electron chi connectivity index (χ1n) is 6.00. The van der Waals surface area contributed by atoms with Gasteiger partial charge < -0.3 is 4.42 Å². The van der Waals surface area contributed by atoms with E-state index in [-0.39, 0.29) is 0 Å². The zero-order valence-corrected chi connectivity index (χ0v) is 10.2. The Morgan fingerprint density at radius 1 is 1.56 bits per heavy atom. The molecule has 0 spiro atoms. The number of hydrogen-bond donors (Lipinski definition) is 0. The molecule has 0 fully saturated rings. The predicted molar refractivity (Wildman–Crippen MR) is 67.2 cm³/mol. The third-order valence-corrected chi connectivity index (χ3v) is 3.55. The second-order valence-corrected chi connectivity index (χ2v) is 5.00. The van der Waals surface area contributed by atoms with E-state index in [4.69, 9.17) is 4.42 Å². The van der Waals surface area contributed by atoms with Gasteiger partial charge in [0, 0.05) is 0 Å². The van der Waals surface area contributed by atoms with Crippen LogP contribution in [0.3, 0.4) is 0 Å². The second kappa shape index (κ2) is 4.73. The van der Waals surface area contributed by atoms with E-state index in [0.29, 0.717) is 11.8 Å². The average molecular weight is 216 g/mol. The van der Waals surface area contributed by atoms with Crippen LogP contribution in [0.25, 0.3) is 0 Å². The molecule has 1 aliphatic carbocycles. The Morgan fingerprint density at radius 2 is 2.38 bits per heavy atom. The molecule has 0 N–H and O–H groups in total. The summed E-state index contributed by atoms with van der Waals surface area (Å²) in [5.41, 5.74) is 4.13. The highest BCUT2D eigenvalue weighted by Crippen LogP contribution is 2.35. The van der Waals surface area contributed by atoms with Crippen LogP contribution in [-0.2, 0) is 6.42 Å². The fourth-order valence-corrected chi connectivity index (χ4v) is 2.66. The molecule has 1 heteroatoms. The van der Waals surface area contributed by atoms with Crippen LogP contribution in [0.2, 0.25) is 0 Å². The van der Waals surface area contributed by atoms with Crippen molar-refractivity contribution in [3.05, 3.63) is 48.0 Å². The smallest absolute Gasteiger partial charge is 0.0934 e. The van der Waals surface area contributed by atoms with Crippen molar-refractivity contribution in [1.82, 2.24) is 0 Å². The van der Waals surface area contributed by atoms with E-state index in [1.165, 1.54) is 29.6 Å². The Balaban J connectivity index is 2.14. The third-order valence-electron chi connectivity index (χ3n) is 3.55. The van der Waals surface area contributed by atoms with Crippen LogP contribution in [0.4, 0.5) is 0 Å². The third kappa shape index (κ3) is 2.46. The summed E-state index contributed by atoms with van der Waals surface area (Å²) in [5, 5.41) is 0. The Hall–Kier alpha value is -1.24. The molecule has 1 aliphatic rings. The molecule has 2 rings (SSSR count). The van der Waals surface area contributed by atoms with E-state index in [1.807, 2.05) is 6.26 Å². The van der Waals surface area contributed by atoms with Crippen molar-refractivity contribution in [2.45, 2.75) is 33.1 Å². The van der Waals surface area contributed by atoms with E-state index in [9.17, 15) is 0 Å². The van der Waals surface area contributed by atoms with Gasteiger partial charge in [-0.1, -0.05) is 23.8 Å². The van der Waals surface area contributed by atoms with Gasteiger partial charge in [0.25, 0.3) is 0 Å². The van der Waals surface area contributed by atoms with Gasteiger partial charge >= 0.3 is 0 Å². The minimum Gasteiger partial charge on any atom is -0.472 e. The molecule has 1 aromatic rings. The van der Waals surface area contributed by atoms with Gasteiger partial charge in [-0.05, 0) is 56.6 Å². The summed E-state index contributed by atoms with van der Waals surface area (Å²) in [4.78, 5) is 0. The SMILES string of the molecule is C=C(C)[C@H]1CCC(C)=C[C@@H]1Cc1ccoc1. The maximum absolute atomic E-state index is 5.14. The van der Waals surface area contributed by atoms with Gasteiger partial charge in [0.2, 0.25) is 0 Å². The van der Waals surface area contributed by atoms with Gasteiger partial charge in [-0.2, -0.15) is 0 Å². The van der Waals surface area contributed by atoms with Crippen LogP contribution in [0.1, 0.15) is 32.3 Å². The largest absolute Gasteiger partial charge is 0.472 e. The maximum Gasteiger partial charge on any atom is 0.0934 e. The van der Waals surface area contributed by atoms with Crippen molar-refractivity contribution in [3.63, 3.8) is 0 Å². The van der Waals surface area contributed by atoms with Crippen molar-refractivity contribution in [2.75, 3.05) is 0 Å². The summed E-state index contributed by atoms with van der Waals surface area (Å²) >= 11 is 0. The molecule has 0 radical (unpaired) electrons. The molecule has 1 heterocycles. The Labute approximate surface area is 97.9 Å². The van der Waals surface area contributed by atoms with Gasteiger partial charge in [0.05, 0.1) is 12.5 Å². The molecule has 0 unspecified atom stereocenters. The van der Waals surface area contributed by atoms with Gasteiger partial charge in [0.1, 0.15) is 0 Å². The van der Waals surface area contributed by atoms with Crippen LogP contribution in [0.5, 0.6) is 0 Å². The van der Waals surface area contributed by atoms with Crippen molar-refractivity contribution in [1.29, 1.82) is 0 Å². The number of hydrogen-bond acceptors (Lipinski definition) is 1. The Kier molecular flexibility index (Phi) is 3.33. The monoisotopic (exact) mass is 216 g/mol. The van der Waals surface area contributed by atoms with E-state index >= 15 is 0 Å². The Bertz CT molecular complexity index is 384. The summed E-state index contributed by atoms with van der Waals surface area (Å²) in [5.74, 6) is 1.24. The summed E-state index contributed by atoms with van der Waals surface area (Å²) in [6.45, 7) is 8.52. The van der Waals surface area contributed by atoms with Gasteiger partial charge in [0.15, 0.2) is 0 Å². The molecule has 16 heavy (non-hydrogen) atoms. The molecule has 0 bridgehead atoms. The second-order valence-electron chi connectivity index (χ2n) is 5.00. The minimum absolute atomic E-state index is 0.601. The topological polar surface area (TPSA) is 13.1 Å². The van der Waals surface area contributed by atoms with Crippen molar-refractivity contribution in [3.8, 4) is 0 Å². The molecule has 0 aromatic carbocycles. The maximum atomic E-state index is 5.14. The van der Waals surface area contributed by atoms with Crippen molar-refractivity contribution < 1.29 is 4.42 Å². The lowest BCUT2D eigenvalue weighted by molar-refractivity contribution is 0.398. The zero-order valence-electron chi connectivity index (χ0n) is 10.2. The molecule has 86 valence electrons. The standard InChI is InChI=1S/C15H20O/c1-11(2)15-5-4-12(3)8-14(15)9-13-6-7-16-10-13/h6-8,10,14-15H,1,4-5,9H2,2-3H3/t14-,15-/m1/s1. The van der Waals surface area contributed by atoms with Crippen LogP contribution in [0, 0.1) is 11.8 Å². The molecular formula is C15H20O. The van der Waals surface area contributed by atoms with Gasteiger partial charge in [-0.3, -0.25) is 0 Å². The van der Waals surface area contributed by atoms with E-state index < -0.39 is 0 Å². The van der Waals surface area contributed by atoms with Crippen molar-refractivity contribution in [2.24, 2.45) is 11.8 Å². The molecule has 1 nitrogen and oxygen atoms in total. The summed E-state index contributed by atoms with van der Waals surface area (Å²) in [7, 11) is 0. The van der Waals surface area contributed by atoms with E-state index in [0.717, 1.165) is 6.42 Å². The summed E-state index contributed by atoms with van der Waals surface area (Å²) < 4.78 is 5.14. The van der Waals surface area contributed by atoms with Crippen molar-refractivity contribution >= 4 is 0 Å². The highest BCUT2D eigenvalue weighted by Gasteiger charge is 2.24. The fourth-order valence-electron chi connectivity index (χ4n) is 2.66. The first kappa shape index (κ1) is 11.3. The van der Waals surface area contributed by atoms with E-state index in [1.54, 1.807) is 6.26 Å². The predicted octanol–water partition coefficient (Wildman–Crippen LogP) is 4.37. The molecule has 0 aliphatic heterocycles. The van der Waals surface area contributed by atoms with Gasteiger partial charge in [-0.25, -0.2) is 0 Å². The lowest BCUT2D eigenvalue weighted by atomic mass is 9.75. The van der Waals surface area contributed by atoms with Crippen LogP contribution in [-0.4, -0.2) is 0 Å². The van der Waals surface area contributed by atoms with Crippen LogP contribution in [0.15, 0.2) is 46.8 Å². The number of furan rings is 1. The fraction of sp³-hybridized carbons (Fsp3) is 0.467. The zero-order chi connectivity index (χ0) is 11.5. The lowest BCUT2D eigenvalue weighted by Crippen LogP contribution is -2.20. The molecule has 0 saturated heterocycles. The summed E-state index contributed by atoms with van der Waals surface area (Å²) in [6, 6.07) is 2.06. The van der Waals surface area contributed by atoms with Crippen LogP contribution < -0.4 is 0 Å². The first-order chi connectivity index (χ1) is 7.66. The lowest BCUT2D eigenvalue weighted by Gasteiger charge is -2.29. The highest BCUT2D eigenvalue weighted by molar-refractivity contribution is 5.18. The first-order valence-corrected chi connectivity index (χ1v) is 6.00. The average Bonchev–Trinajstić information content (AvgIpc) is 2.70. The molecule has 2 atom stereocenters. The van der Waals surface area contributed by atoms with Gasteiger partial charge in [-0.15, -0.1) is 0 Å². The quantitative estimate of drug-likeness (QED) is 0.684. The molecular weight excluding hydrogens is 196 g/mol. The highest BCUT2D eigenvalue weighted by atomic mass is 16.3. The molecule has 0 saturated carbocycles. The summed E-state index contributed by atoms with van der Waals surface area (Å²) in [6.07, 6.45) is 9.58. The molecule has 1 aromatic heterocycles. The minimum atomic E-state index is 0.601. The normalized spacial score (nSPS) is 25.2. The van der Waals surface area contributed by atoms with Crippen LogP contribution >= 0.6 is 0 Å². The number of allylic oxidation sites excluding steroid dienone is 3. The molecule has 0 amide bonds. The number of rotatable bonds is 3. The Morgan fingerprint density at radius 3 is 3.00 bits per heavy atom. The van der Waals surface area contributed by atoms with E-state index in [2.05, 4.69) is 32.6 Å².